The summed E-state index contributed by atoms with van der Waals surface area (Å²) in [7, 11) is -2.91. The fourth-order valence-corrected chi connectivity index (χ4v) is 3.99. The van der Waals surface area contributed by atoms with Gasteiger partial charge in [0, 0.05) is 18.5 Å². The first-order valence-electron chi connectivity index (χ1n) is 6.90. The summed E-state index contributed by atoms with van der Waals surface area (Å²) in [5, 5.41) is 7.86. The molecule has 1 atom stereocenters. The number of nitrogens with zero attached hydrogens (tertiary/aromatic N) is 2. The van der Waals surface area contributed by atoms with Crippen LogP contribution < -0.4 is 0 Å². The SMILES string of the molecule is C[C@H]1CCN(Cc2ccc3cn[nH]c3c2)CCS1(=O)=O. The third kappa shape index (κ3) is 2.71. The highest BCUT2D eigenvalue weighted by atomic mass is 32.2. The second-order valence-corrected chi connectivity index (χ2v) is 8.07. The number of H-pyrrole nitrogens is 1. The largest absolute Gasteiger partial charge is 0.298 e. The fourth-order valence-electron chi connectivity index (χ4n) is 2.61. The van der Waals surface area contributed by atoms with Crippen molar-refractivity contribution in [3.8, 4) is 0 Å². The molecule has 0 bridgehead atoms. The van der Waals surface area contributed by atoms with Crippen molar-refractivity contribution >= 4 is 20.7 Å². The highest BCUT2D eigenvalue weighted by Gasteiger charge is 2.26. The molecule has 1 N–H and O–H groups in total. The number of rotatable bonds is 2. The number of nitrogens with one attached hydrogen (secondary N) is 1. The van der Waals surface area contributed by atoms with E-state index in [-0.39, 0.29) is 11.0 Å². The summed E-state index contributed by atoms with van der Waals surface area (Å²) in [5.74, 6) is 0.264. The third-order valence-electron chi connectivity index (χ3n) is 4.07. The van der Waals surface area contributed by atoms with Gasteiger partial charge in [0.2, 0.25) is 0 Å². The molecule has 1 fully saturated rings. The molecule has 1 aliphatic heterocycles. The first-order valence-corrected chi connectivity index (χ1v) is 8.62. The lowest BCUT2D eigenvalue weighted by Gasteiger charge is -2.19. The zero-order chi connectivity index (χ0) is 14.2. The van der Waals surface area contributed by atoms with Gasteiger partial charge >= 0.3 is 0 Å². The molecule has 108 valence electrons. The number of benzene rings is 1. The van der Waals surface area contributed by atoms with E-state index >= 15 is 0 Å². The number of aromatic nitrogens is 2. The van der Waals surface area contributed by atoms with Gasteiger partial charge in [-0.15, -0.1) is 0 Å². The van der Waals surface area contributed by atoms with Gasteiger partial charge in [0.05, 0.1) is 22.7 Å². The van der Waals surface area contributed by atoms with Gasteiger partial charge in [-0.25, -0.2) is 8.42 Å². The van der Waals surface area contributed by atoms with E-state index in [1.807, 2.05) is 13.0 Å². The summed E-state index contributed by atoms with van der Waals surface area (Å²) < 4.78 is 23.8. The van der Waals surface area contributed by atoms with Crippen LogP contribution in [0, 0.1) is 0 Å². The number of sulfone groups is 1. The van der Waals surface area contributed by atoms with Crippen LogP contribution in [-0.2, 0) is 16.4 Å². The molecule has 2 heterocycles. The Labute approximate surface area is 118 Å². The van der Waals surface area contributed by atoms with E-state index in [1.54, 1.807) is 6.20 Å². The first kappa shape index (κ1) is 13.6. The maximum atomic E-state index is 11.9. The molecule has 5 nitrogen and oxygen atoms in total. The smallest absolute Gasteiger partial charge is 0.154 e. The Kier molecular flexibility index (Phi) is 3.52. The molecule has 1 aromatic carbocycles. The number of hydrogen-bond donors (Lipinski definition) is 1. The Balaban J connectivity index is 1.74. The predicted molar refractivity (Wildman–Crippen MR) is 79.2 cm³/mol. The lowest BCUT2D eigenvalue weighted by molar-refractivity contribution is 0.283. The van der Waals surface area contributed by atoms with E-state index in [1.165, 1.54) is 5.56 Å². The van der Waals surface area contributed by atoms with Crippen LogP contribution in [0.25, 0.3) is 10.9 Å². The molecule has 0 saturated carbocycles. The average Bonchev–Trinajstić information content (AvgIpc) is 2.84. The Bertz CT molecular complexity index is 708. The molecule has 1 saturated heterocycles. The van der Waals surface area contributed by atoms with Crippen molar-refractivity contribution in [3.63, 3.8) is 0 Å². The number of hydrogen-bond acceptors (Lipinski definition) is 4. The number of aromatic amines is 1. The van der Waals surface area contributed by atoms with Crippen LogP contribution in [0.5, 0.6) is 0 Å². The molecule has 6 heteroatoms. The molecule has 3 rings (SSSR count). The highest BCUT2D eigenvalue weighted by Crippen LogP contribution is 2.18. The van der Waals surface area contributed by atoms with Crippen molar-refractivity contribution in [2.75, 3.05) is 18.8 Å². The van der Waals surface area contributed by atoms with Crippen LogP contribution >= 0.6 is 0 Å². The normalized spacial score (nSPS) is 23.8. The van der Waals surface area contributed by atoms with Gasteiger partial charge in [0.1, 0.15) is 0 Å². The van der Waals surface area contributed by atoms with Gasteiger partial charge in [0.25, 0.3) is 0 Å². The number of fused-ring (bicyclic) bond motifs is 1. The minimum Gasteiger partial charge on any atom is -0.298 e. The van der Waals surface area contributed by atoms with E-state index in [0.29, 0.717) is 13.0 Å². The van der Waals surface area contributed by atoms with Crippen LogP contribution in [0.1, 0.15) is 18.9 Å². The van der Waals surface area contributed by atoms with Crippen molar-refractivity contribution in [3.05, 3.63) is 30.0 Å². The Morgan fingerprint density at radius 3 is 3.10 bits per heavy atom. The van der Waals surface area contributed by atoms with Crippen molar-refractivity contribution in [1.82, 2.24) is 15.1 Å². The lowest BCUT2D eigenvalue weighted by Crippen LogP contribution is -2.26. The average molecular weight is 293 g/mol. The standard InChI is InChI=1S/C14H19N3O2S/c1-11-4-5-17(6-7-20(11,18)19)10-12-2-3-13-9-15-16-14(13)8-12/h2-3,8-9,11H,4-7,10H2,1H3,(H,15,16)/t11-/m0/s1. The molecular formula is C14H19N3O2S. The molecule has 1 aromatic heterocycles. The van der Waals surface area contributed by atoms with Gasteiger partial charge in [-0.2, -0.15) is 5.10 Å². The molecule has 0 spiro atoms. The van der Waals surface area contributed by atoms with E-state index in [2.05, 4.69) is 27.2 Å². The first-order chi connectivity index (χ1) is 9.54. The molecule has 0 aliphatic carbocycles. The summed E-state index contributed by atoms with van der Waals surface area (Å²) in [6.45, 7) is 4.06. The van der Waals surface area contributed by atoms with Gasteiger partial charge in [-0.3, -0.25) is 10.00 Å². The van der Waals surface area contributed by atoms with Crippen LogP contribution in [0.2, 0.25) is 0 Å². The highest BCUT2D eigenvalue weighted by molar-refractivity contribution is 7.92. The van der Waals surface area contributed by atoms with Gasteiger partial charge in [-0.05, 0) is 31.5 Å². The summed E-state index contributed by atoms with van der Waals surface area (Å²) in [6.07, 6.45) is 2.52. The monoisotopic (exact) mass is 293 g/mol. The Morgan fingerprint density at radius 1 is 1.40 bits per heavy atom. The lowest BCUT2D eigenvalue weighted by atomic mass is 10.1. The van der Waals surface area contributed by atoms with Crippen LogP contribution in [0.15, 0.2) is 24.4 Å². The van der Waals surface area contributed by atoms with Gasteiger partial charge < -0.3 is 0 Å². The van der Waals surface area contributed by atoms with Crippen molar-refractivity contribution in [2.24, 2.45) is 0 Å². The molecule has 0 radical (unpaired) electrons. The van der Waals surface area contributed by atoms with E-state index < -0.39 is 9.84 Å². The maximum absolute atomic E-state index is 11.9. The van der Waals surface area contributed by atoms with Crippen molar-refractivity contribution in [2.45, 2.75) is 25.1 Å². The Morgan fingerprint density at radius 2 is 2.25 bits per heavy atom. The Hall–Kier alpha value is -1.40. The van der Waals surface area contributed by atoms with Crippen molar-refractivity contribution in [1.29, 1.82) is 0 Å². The molecule has 0 unspecified atom stereocenters. The van der Waals surface area contributed by atoms with E-state index in [9.17, 15) is 8.42 Å². The summed E-state index contributed by atoms with van der Waals surface area (Å²) >= 11 is 0. The van der Waals surface area contributed by atoms with Gasteiger partial charge in [-0.1, -0.05) is 12.1 Å². The second kappa shape index (κ2) is 5.18. The summed E-state index contributed by atoms with van der Waals surface area (Å²) in [5.41, 5.74) is 2.21. The third-order valence-corrected chi connectivity index (χ3v) is 6.28. The zero-order valence-electron chi connectivity index (χ0n) is 11.5. The maximum Gasteiger partial charge on any atom is 0.154 e. The van der Waals surface area contributed by atoms with Crippen molar-refractivity contribution < 1.29 is 8.42 Å². The zero-order valence-corrected chi connectivity index (χ0v) is 12.4. The quantitative estimate of drug-likeness (QED) is 0.913. The summed E-state index contributed by atoms with van der Waals surface area (Å²) in [4.78, 5) is 2.22. The van der Waals surface area contributed by atoms with Crippen LogP contribution in [0.4, 0.5) is 0 Å². The minimum atomic E-state index is -2.91. The van der Waals surface area contributed by atoms with Crippen LogP contribution in [-0.4, -0.2) is 47.6 Å². The van der Waals surface area contributed by atoms with Crippen LogP contribution in [0.3, 0.4) is 0 Å². The van der Waals surface area contributed by atoms with E-state index in [4.69, 9.17) is 0 Å². The predicted octanol–water partition coefficient (Wildman–Crippen LogP) is 1.57. The molecule has 20 heavy (non-hydrogen) atoms. The minimum absolute atomic E-state index is 0.220. The molecular weight excluding hydrogens is 274 g/mol. The molecule has 2 aromatic rings. The fraction of sp³-hybridized carbons (Fsp3) is 0.500. The molecule has 0 amide bonds. The topological polar surface area (TPSA) is 66.1 Å². The van der Waals surface area contributed by atoms with Gasteiger partial charge in [0.15, 0.2) is 9.84 Å². The summed E-state index contributed by atoms with van der Waals surface area (Å²) in [6, 6.07) is 6.22. The van der Waals surface area contributed by atoms with E-state index in [0.717, 1.165) is 24.0 Å². The second-order valence-electron chi connectivity index (χ2n) is 5.53. The molecule has 1 aliphatic rings.